The summed E-state index contributed by atoms with van der Waals surface area (Å²) in [5.74, 6) is 1.62. The molecule has 0 spiro atoms. The Morgan fingerprint density at radius 1 is 1.07 bits per heavy atom. The van der Waals surface area contributed by atoms with Crippen molar-refractivity contribution in [1.82, 2.24) is 0 Å². The van der Waals surface area contributed by atoms with E-state index in [2.05, 4.69) is 83.4 Å². The molecule has 0 amide bonds. The van der Waals surface area contributed by atoms with Crippen LogP contribution < -0.4 is 0 Å². The highest BCUT2D eigenvalue weighted by Crippen LogP contribution is 2.49. The van der Waals surface area contributed by atoms with E-state index in [0.717, 1.165) is 18.8 Å². The quantitative estimate of drug-likeness (QED) is 0.440. The number of fused-ring (bicyclic) bond motifs is 3. The molecule has 27 heavy (non-hydrogen) atoms. The van der Waals surface area contributed by atoms with Gasteiger partial charge in [0.25, 0.3) is 0 Å². The maximum absolute atomic E-state index is 4.56. The van der Waals surface area contributed by atoms with E-state index in [1.165, 1.54) is 51.8 Å². The summed E-state index contributed by atoms with van der Waals surface area (Å²) in [4.78, 5) is 0. The van der Waals surface area contributed by atoms with E-state index in [9.17, 15) is 0 Å². The largest absolute Gasteiger partial charge is 0.0952 e. The third-order valence-electron chi connectivity index (χ3n) is 6.02. The molecule has 0 heterocycles. The summed E-state index contributed by atoms with van der Waals surface area (Å²) in [5.41, 5.74) is 9.45. The topological polar surface area (TPSA) is 0 Å². The Morgan fingerprint density at radius 2 is 1.85 bits per heavy atom. The third-order valence-corrected chi connectivity index (χ3v) is 6.02. The maximum atomic E-state index is 4.56. The minimum Gasteiger partial charge on any atom is -0.0952 e. The SMILES string of the molecule is C=C(CCC)c1ccc2c(c1)C1C=CC=CC1=C2C(=C)C(C)CCC(C)C. The molecule has 3 rings (SSSR count). The second-order valence-corrected chi connectivity index (χ2v) is 8.61. The zero-order valence-electron chi connectivity index (χ0n) is 17.5. The number of hydrogen-bond acceptors (Lipinski definition) is 0. The first-order valence-electron chi connectivity index (χ1n) is 10.5. The van der Waals surface area contributed by atoms with E-state index >= 15 is 0 Å². The van der Waals surface area contributed by atoms with Crippen molar-refractivity contribution in [2.24, 2.45) is 11.8 Å². The molecule has 142 valence electrons. The first kappa shape index (κ1) is 19.7. The molecule has 0 saturated heterocycles. The Hall–Kier alpha value is -2.08. The molecule has 1 aromatic rings. The predicted molar refractivity (Wildman–Crippen MR) is 121 cm³/mol. The smallest absolute Gasteiger partial charge is 0.0285 e. The van der Waals surface area contributed by atoms with Gasteiger partial charge in [-0.05, 0) is 69.7 Å². The number of rotatable bonds is 8. The molecule has 2 aliphatic carbocycles. The van der Waals surface area contributed by atoms with Gasteiger partial charge in [0.2, 0.25) is 0 Å². The summed E-state index contributed by atoms with van der Waals surface area (Å²) in [5, 5.41) is 0. The summed E-state index contributed by atoms with van der Waals surface area (Å²) in [6, 6.07) is 6.95. The van der Waals surface area contributed by atoms with Crippen LogP contribution in [0.5, 0.6) is 0 Å². The van der Waals surface area contributed by atoms with Crippen molar-refractivity contribution in [3.05, 3.63) is 83.5 Å². The normalized spacial score (nSPS) is 18.6. The fourth-order valence-electron chi connectivity index (χ4n) is 4.28. The van der Waals surface area contributed by atoms with E-state index in [4.69, 9.17) is 0 Å². The maximum Gasteiger partial charge on any atom is 0.0285 e. The minimum absolute atomic E-state index is 0.364. The van der Waals surface area contributed by atoms with Crippen LogP contribution in [0.1, 0.15) is 76.0 Å². The van der Waals surface area contributed by atoms with Crippen LogP contribution in [-0.4, -0.2) is 0 Å². The number of hydrogen-bond donors (Lipinski definition) is 0. The van der Waals surface area contributed by atoms with Gasteiger partial charge in [-0.3, -0.25) is 0 Å². The Balaban J connectivity index is 1.97. The first-order chi connectivity index (χ1) is 12.9. The van der Waals surface area contributed by atoms with Gasteiger partial charge in [0.05, 0.1) is 0 Å². The molecule has 0 saturated carbocycles. The van der Waals surface area contributed by atoms with Gasteiger partial charge in [-0.25, -0.2) is 0 Å². The van der Waals surface area contributed by atoms with E-state index in [1.807, 2.05) is 0 Å². The Bertz CT molecular complexity index is 826. The highest BCUT2D eigenvalue weighted by atomic mass is 14.3. The van der Waals surface area contributed by atoms with Crippen molar-refractivity contribution in [3.63, 3.8) is 0 Å². The Labute approximate surface area is 166 Å². The average Bonchev–Trinajstić information content (AvgIpc) is 2.99. The minimum atomic E-state index is 0.364. The molecule has 0 radical (unpaired) electrons. The van der Waals surface area contributed by atoms with Crippen molar-refractivity contribution < 1.29 is 0 Å². The van der Waals surface area contributed by atoms with Gasteiger partial charge in [0.1, 0.15) is 0 Å². The van der Waals surface area contributed by atoms with Crippen LogP contribution in [0.4, 0.5) is 0 Å². The van der Waals surface area contributed by atoms with Crippen molar-refractivity contribution in [1.29, 1.82) is 0 Å². The van der Waals surface area contributed by atoms with Crippen LogP contribution in [0, 0.1) is 11.8 Å². The fourth-order valence-corrected chi connectivity index (χ4v) is 4.28. The lowest BCUT2D eigenvalue weighted by molar-refractivity contribution is 0.495. The van der Waals surface area contributed by atoms with Crippen molar-refractivity contribution in [3.8, 4) is 0 Å². The van der Waals surface area contributed by atoms with E-state index in [-0.39, 0.29) is 0 Å². The van der Waals surface area contributed by atoms with Gasteiger partial charge in [-0.15, -0.1) is 0 Å². The van der Waals surface area contributed by atoms with E-state index in [0.29, 0.717) is 11.8 Å². The van der Waals surface area contributed by atoms with Gasteiger partial charge in [-0.1, -0.05) is 90.1 Å². The van der Waals surface area contributed by atoms with E-state index < -0.39 is 0 Å². The third kappa shape index (κ3) is 3.95. The van der Waals surface area contributed by atoms with E-state index in [1.54, 1.807) is 0 Å². The highest BCUT2D eigenvalue weighted by Gasteiger charge is 2.31. The Kier molecular flexibility index (Phi) is 6.05. The monoisotopic (exact) mass is 358 g/mol. The van der Waals surface area contributed by atoms with Gasteiger partial charge in [0.15, 0.2) is 0 Å². The zero-order valence-corrected chi connectivity index (χ0v) is 17.5. The van der Waals surface area contributed by atoms with Crippen LogP contribution >= 0.6 is 0 Å². The van der Waals surface area contributed by atoms with Gasteiger partial charge in [0, 0.05) is 5.92 Å². The molecule has 0 aliphatic heterocycles. The second-order valence-electron chi connectivity index (χ2n) is 8.61. The predicted octanol–water partition coefficient (Wildman–Crippen LogP) is 8.11. The van der Waals surface area contributed by atoms with Crippen LogP contribution in [0.3, 0.4) is 0 Å². The standard InChI is InChI=1S/C27H34/c1-7-10-20(5)22-15-16-25-26(17-22)23-11-8-9-12-24(23)27(25)21(6)19(4)14-13-18(2)3/h8-9,11-12,15-19,23H,5-7,10,13-14H2,1-4H3. The van der Waals surface area contributed by atoms with Crippen LogP contribution in [-0.2, 0) is 0 Å². The molecule has 2 aliphatic rings. The molecular formula is C27H34. The molecule has 0 heteroatoms. The lowest BCUT2D eigenvalue weighted by atomic mass is 9.85. The molecular weight excluding hydrogens is 324 g/mol. The second kappa shape index (κ2) is 8.30. The van der Waals surface area contributed by atoms with Gasteiger partial charge in [-0.2, -0.15) is 0 Å². The van der Waals surface area contributed by atoms with Gasteiger partial charge >= 0.3 is 0 Å². The summed E-state index contributed by atoms with van der Waals surface area (Å²) in [7, 11) is 0. The molecule has 0 fully saturated rings. The fraction of sp³-hybridized carbons (Fsp3) is 0.407. The molecule has 2 atom stereocenters. The summed E-state index contributed by atoms with van der Waals surface area (Å²) in [6.07, 6.45) is 13.6. The Morgan fingerprint density at radius 3 is 2.56 bits per heavy atom. The molecule has 1 aromatic carbocycles. The lowest BCUT2D eigenvalue weighted by Gasteiger charge is -2.19. The van der Waals surface area contributed by atoms with Gasteiger partial charge < -0.3 is 0 Å². The summed E-state index contributed by atoms with van der Waals surface area (Å²) >= 11 is 0. The van der Waals surface area contributed by atoms with Crippen molar-refractivity contribution in [2.75, 3.05) is 0 Å². The van der Waals surface area contributed by atoms with Crippen LogP contribution in [0.2, 0.25) is 0 Å². The summed E-state index contributed by atoms with van der Waals surface area (Å²) < 4.78 is 0. The van der Waals surface area contributed by atoms with Crippen molar-refractivity contribution >= 4 is 11.1 Å². The van der Waals surface area contributed by atoms with Crippen molar-refractivity contribution in [2.45, 2.75) is 59.3 Å². The first-order valence-corrected chi connectivity index (χ1v) is 10.5. The number of allylic oxidation sites excluding steroid dienone is 8. The molecule has 2 unspecified atom stereocenters. The average molecular weight is 359 g/mol. The zero-order chi connectivity index (χ0) is 19.6. The molecule has 0 nitrogen and oxygen atoms in total. The number of benzene rings is 1. The van der Waals surface area contributed by atoms with Crippen LogP contribution in [0.15, 0.2) is 66.8 Å². The lowest BCUT2D eigenvalue weighted by Crippen LogP contribution is -2.03. The van der Waals surface area contributed by atoms with Crippen LogP contribution in [0.25, 0.3) is 11.1 Å². The summed E-state index contributed by atoms with van der Waals surface area (Å²) in [6.45, 7) is 18.0. The molecule has 0 bridgehead atoms. The molecule has 0 aromatic heterocycles. The molecule has 0 N–H and O–H groups in total. The highest BCUT2D eigenvalue weighted by molar-refractivity contribution is 5.91.